The maximum absolute atomic E-state index is 11.9. The van der Waals surface area contributed by atoms with Gasteiger partial charge in [-0.25, -0.2) is 0 Å². The Hall–Kier alpha value is -1.59. The van der Waals surface area contributed by atoms with E-state index in [2.05, 4.69) is 15.5 Å². The summed E-state index contributed by atoms with van der Waals surface area (Å²) in [6.45, 7) is 0. The Morgan fingerprint density at radius 2 is 2.09 bits per heavy atom. The Morgan fingerprint density at radius 3 is 2.78 bits per heavy atom. The van der Waals surface area contributed by atoms with Crippen LogP contribution in [0.15, 0.2) is 18.3 Å². The smallest absolute Gasteiger partial charge is 0.223 e. The molecule has 2 aromatic rings. The van der Waals surface area contributed by atoms with E-state index < -0.39 is 5.60 Å². The zero-order valence-electron chi connectivity index (χ0n) is 12.6. The number of hydrogen-bond acceptors (Lipinski definition) is 3. The third kappa shape index (κ3) is 2.10. The fourth-order valence-electron chi connectivity index (χ4n) is 4.33. The van der Waals surface area contributed by atoms with Crippen LogP contribution in [0, 0.1) is 17.8 Å². The number of carbonyl (C=O) groups excluding carboxylic acids is 1. The summed E-state index contributed by atoms with van der Waals surface area (Å²) in [7, 11) is 0. The Kier molecular flexibility index (Phi) is 2.69. The zero-order valence-corrected chi connectivity index (χ0v) is 13.3. The van der Waals surface area contributed by atoms with Crippen molar-refractivity contribution in [2.75, 3.05) is 0 Å². The van der Waals surface area contributed by atoms with Gasteiger partial charge in [0.25, 0.3) is 0 Å². The van der Waals surface area contributed by atoms with Crippen molar-refractivity contribution < 1.29 is 9.90 Å². The van der Waals surface area contributed by atoms with Crippen LogP contribution in [0.3, 0.4) is 0 Å². The monoisotopic (exact) mass is 331 g/mol. The molecule has 1 amide bonds. The van der Waals surface area contributed by atoms with Crippen molar-refractivity contribution >= 4 is 28.4 Å². The van der Waals surface area contributed by atoms with Gasteiger partial charge in [0, 0.05) is 22.4 Å². The summed E-state index contributed by atoms with van der Waals surface area (Å²) >= 11 is 6.19. The second-order valence-corrected chi connectivity index (χ2v) is 7.80. The van der Waals surface area contributed by atoms with Gasteiger partial charge < -0.3 is 10.4 Å². The van der Waals surface area contributed by atoms with E-state index in [4.69, 9.17) is 11.6 Å². The molecule has 3 aliphatic carbocycles. The van der Waals surface area contributed by atoms with E-state index >= 15 is 0 Å². The van der Waals surface area contributed by atoms with Crippen LogP contribution in [-0.2, 0) is 10.4 Å². The maximum atomic E-state index is 11.9. The Bertz CT molecular complexity index is 801. The fraction of sp³-hybridized carbons (Fsp3) is 0.529. The number of halogens is 1. The second-order valence-electron chi connectivity index (χ2n) is 7.36. The molecule has 0 spiro atoms. The minimum atomic E-state index is -0.872. The van der Waals surface area contributed by atoms with Gasteiger partial charge in [-0.05, 0) is 55.2 Å². The highest BCUT2D eigenvalue weighted by molar-refractivity contribution is 6.31. The third-order valence-electron chi connectivity index (χ3n) is 5.76. The lowest BCUT2D eigenvalue weighted by Gasteiger charge is -2.27. The predicted octanol–water partition coefficient (Wildman–Crippen LogP) is 2.34. The quantitative estimate of drug-likeness (QED) is 0.807. The number of nitrogens with zero attached hydrogens (tertiary/aromatic N) is 1. The van der Waals surface area contributed by atoms with Gasteiger partial charge in [-0.2, -0.15) is 5.10 Å². The van der Waals surface area contributed by atoms with E-state index in [1.54, 1.807) is 6.20 Å². The number of benzene rings is 1. The molecular formula is C17H18ClN3O2. The van der Waals surface area contributed by atoms with E-state index in [1.165, 1.54) is 0 Å². The van der Waals surface area contributed by atoms with Crippen LogP contribution < -0.4 is 5.32 Å². The maximum Gasteiger partial charge on any atom is 0.223 e. The van der Waals surface area contributed by atoms with Gasteiger partial charge in [-0.15, -0.1) is 0 Å². The van der Waals surface area contributed by atoms with E-state index in [0.717, 1.165) is 29.3 Å². The molecule has 5 nitrogen and oxygen atoms in total. The van der Waals surface area contributed by atoms with Crippen LogP contribution in [0.5, 0.6) is 0 Å². The fourth-order valence-corrected chi connectivity index (χ4v) is 4.55. The molecule has 0 bridgehead atoms. The molecule has 1 aromatic heterocycles. The summed E-state index contributed by atoms with van der Waals surface area (Å²) in [5.41, 5.74) is 0.830. The molecule has 0 radical (unpaired) electrons. The number of aromatic nitrogens is 2. The van der Waals surface area contributed by atoms with Gasteiger partial charge in [0.05, 0.1) is 17.3 Å². The minimum absolute atomic E-state index is 0.202. The van der Waals surface area contributed by atoms with Crippen molar-refractivity contribution in [1.29, 1.82) is 0 Å². The van der Waals surface area contributed by atoms with E-state index in [9.17, 15) is 9.90 Å². The molecule has 3 saturated carbocycles. The first kappa shape index (κ1) is 13.8. The van der Waals surface area contributed by atoms with Crippen molar-refractivity contribution in [1.82, 2.24) is 15.5 Å². The number of carbonyl (C=O) groups is 1. The van der Waals surface area contributed by atoms with Crippen LogP contribution in [0.25, 0.3) is 10.9 Å². The first-order valence-electron chi connectivity index (χ1n) is 8.21. The van der Waals surface area contributed by atoms with Crippen LogP contribution in [0.2, 0.25) is 5.02 Å². The molecule has 0 saturated heterocycles. The zero-order chi connectivity index (χ0) is 15.8. The Labute approximate surface area is 138 Å². The molecule has 3 N–H and O–H groups in total. The molecule has 4 atom stereocenters. The summed E-state index contributed by atoms with van der Waals surface area (Å²) < 4.78 is 0. The van der Waals surface area contributed by atoms with Gasteiger partial charge in [0.1, 0.15) is 0 Å². The number of amides is 1. The molecule has 1 heterocycles. The summed E-state index contributed by atoms with van der Waals surface area (Å²) in [6.07, 6.45) is 5.15. The third-order valence-corrected chi connectivity index (χ3v) is 5.98. The summed E-state index contributed by atoms with van der Waals surface area (Å²) in [6, 6.07) is 3.93. The highest BCUT2D eigenvalue weighted by atomic mass is 35.5. The lowest BCUT2D eigenvalue weighted by atomic mass is 9.86. The number of aromatic amines is 1. The summed E-state index contributed by atoms with van der Waals surface area (Å²) in [5.74, 6) is 1.20. The van der Waals surface area contributed by atoms with E-state index in [-0.39, 0.29) is 17.9 Å². The molecular weight excluding hydrogens is 314 g/mol. The molecule has 5 rings (SSSR count). The van der Waals surface area contributed by atoms with Crippen LogP contribution >= 0.6 is 11.6 Å². The van der Waals surface area contributed by atoms with Gasteiger partial charge >= 0.3 is 0 Å². The van der Waals surface area contributed by atoms with Crippen molar-refractivity contribution in [3.8, 4) is 0 Å². The lowest BCUT2D eigenvalue weighted by molar-refractivity contribution is -0.122. The van der Waals surface area contributed by atoms with Crippen molar-refractivity contribution in [3.63, 3.8) is 0 Å². The number of H-pyrrole nitrogens is 1. The number of aliphatic hydroxyl groups is 1. The second kappa shape index (κ2) is 4.48. The average molecular weight is 332 g/mol. The molecule has 1 aromatic carbocycles. The number of nitrogens with one attached hydrogen (secondary N) is 2. The van der Waals surface area contributed by atoms with Crippen molar-refractivity contribution in [2.24, 2.45) is 17.8 Å². The Balaban J connectivity index is 1.38. The van der Waals surface area contributed by atoms with E-state index in [0.29, 0.717) is 29.7 Å². The predicted molar refractivity (Wildman–Crippen MR) is 85.9 cm³/mol. The SMILES string of the molecule is O=C(NC1[C@H]2CC(O)(c3cc(Cl)cc4[nH]ncc34)C[C@@H]12)C1CC1. The molecule has 6 heteroatoms. The molecule has 3 aliphatic rings. The first-order chi connectivity index (χ1) is 11.0. The highest BCUT2D eigenvalue weighted by Gasteiger charge is 2.62. The van der Waals surface area contributed by atoms with Crippen molar-refractivity contribution in [2.45, 2.75) is 37.3 Å². The summed E-state index contributed by atoms with van der Waals surface area (Å²) in [4.78, 5) is 11.9. The minimum Gasteiger partial charge on any atom is -0.385 e. The van der Waals surface area contributed by atoms with Gasteiger partial charge in [0.2, 0.25) is 5.91 Å². The highest BCUT2D eigenvalue weighted by Crippen LogP contribution is 2.60. The van der Waals surface area contributed by atoms with Crippen molar-refractivity contribution in [3.05, 3.63) is 28.9 Å². The topological polar surface area (TPSA) is 78.0 Å². The van der Waals surface area contributed by atoms with E-state index in [1.807, 2.05) is 12.1 Å². The summed E-state index contributed by atoms with van der Waals surface area (Å²) in [5, 5.41) is 22.8. The van der Waals surface area contributed by atoms with Crippen LogP contribution in [0.4, 0.5) is 0 Å². The number of hydrogen-bond donors (Lipinski definition) is 3. The van der Waals surface area contributed by atoms with Gasteiger partial charge in [0.15, 0.2) is 0 Å². The number of rotatable bonds is 3. The Morgan fingerprint density at radius 1 is 1.35 bits per heavy atom. The largest absolute Gasteiger partial charge is 0.385 e. The average Bonchev–Trinajstić information content (AvgIpc) is 3.36. The lowest BCUT2D eigenvalue weighted by Crippen LogP contribution is -2.34. The first-order valence-corrected chi connectivity index (χ1v) is 8.59. The van der Waals surface area contributed by atoms with Crippen LogP contribution in [0.1, 0.15) is 31.2 Å². The molecule has 120 valence electrons. The molecule has 23 heavy (non-hydrogen) atoms. The van der Waals surface area contributed by atoms with Crippen LogP contribution in [-0.4, -0.2) is 27.3 Å². The molecule has 2 unspecified atom stereocenters. The molecule has 3 fully saturated rings. The number of fused-ring (bicyclic) bond motifs is 2. The van der Waals surface area contributed by atoms with Gasteiger partial charge in [-0.3, -0.25) is 9.89 Å². The standard InChI is InChI=1S/C17H18ClN3O2/c18-9-3-13(12-7-19-21-14(12)4-9)17(23)5-10-11(6-17)15(10)20-16(22)8-1-2-8/h3-4,7-8,10-11,15,23H,1-2,5-6H2,(H,19,21)(H,20,22)/t10-,11+,15?,17?. The normalized spacial score (nSPS) is 35.3. The van der Waals surface area contributed by atoms with Gasteiger partial charge in [-0.1, -0.05) is 11.6 Å². The molecule has 0 aliphatic heterocycles.